The normalized spacial score (nSPS) is 39.6. The van der Waals surface area contributed by atoms with E-state index in [2.05, 4.69) is 19.6 Å². The van der Waals surface area contributed by atoms with Crippen LogP contribution in [-0.4, -0.2) is 17.9 Å². The predicted molar refractivity (Wildman–Crippen MR) is 66.8 cm³/mol. The second-order valence-corrected chi connectivity index (χ2v) is 6.03. The highest BCUT2D eigenvalue weighted by Gasteiger charge is 2.47. The zero-order valence-electron chi connectivity index (χ0n) is 10.7. The molecule has 0 bridgehead atoms. The number of hydrogen-bond acceptors (Lipinski definition) is 3. The summed E-state index contributed by atoms with van der Waals surface area (Å²) in [5.41, 5.74) is 1.77. The van der Waals surface area contributed by atoms with Gasteiger partial charge in [0.25, 0.3) is 0 Å². The molecule has 0 aromatic rings. The molecule has 2 aliphatic carbocycles. The Morgan fingerprint density at radius 1 is 1.44 bits per heavy atom. The number of carbonyl (C=O) groups excluding carboxylic acids is 2. The van der Waals surface area contributed by atoms with E-state index in [1.54, 1.807) is 0 Å². The van der Waals surface area contributed by atoms with Crippen LogP contribution in [0.1, 0.15) is 39.0 Å². The maximum atomic E-state index is 12.1. The Hall–Kier alpha value is -1.38. The van der Waals surface area contributed by atoms with Gasteiger partial charge in [-0.15, -0.1) is 0 Å². The average Bonchev–Trinajstić information content (AvgIpc) is 2.74. The summed E-state index contributed by atoms with van der Waals surface area (Å²) in [5, 5.41) is 0. The smallest absolute Gasteiger partial charge is 0.334 e. The summed E-state index contributed by atoms with van der Waals surface area (Å²) < 4.78 is 5.42. The topological polar surface area (TPSA) is 43.4 Å². The van der Waals surface area contributed by atoms with Gasteiger partial charge in [-0.25, -0.2) is 4.79 Å². The Morgan fingerprint density at radius 3 is 3.00 bits per heavy atom. The molecule has 0 spiro atoms. The van der Waals surface area contributed by atoms with Crippen molar-refractivity contribution in [3.8, 4) is 0 Å². The highest BCUT2D eigenvalue weighted by Crippen LogP contribution is 2.49. The molecule has 3 heteroatoms. The summed E-state index contributed by atoms with van der Waals surface area (Å²) in [4.78, 5) is 23.7. The zero-order chi connectivity index (χ0) is 12.9. The third-order valence-corrected chi connectivity index (χ3v) is 4.77. The van der Waals surface area contributed by atoms with Gasteiger partial charge in [-0.2, -0.15) is 0 Å². The van der Waals surface area contributed by atoms with Crippen molar-refractivity contribution in [1.29, 1.82) is 0 Å². The van der Waals surface area contributed by atoms with Crippen LogP contribution in [0.2, 0.25) is 0 Å². The number of ketones is 1. The Balaban J connectivity index is 1.95. The molecule has 0 radical (unpaired) electrons. The Kier molecular flexibility index (Phi) is 2.47. The van der Waals surface area contributed by atoms with Crippen LogP contribution in [0.3, 0.4) is 0 Å². The van der Waals surface area contributed by atoms with E-state index in [0.29, 0.717) is 18.4 Å². The van der Waals surface area contributed by atoms with Gasteiger partial charge in [-0.05, 0) is 24.7 Å². The highest BCUT2D eigenvalue weighted by molar-refractivity contribution is 5.93. The van der Waals surface area contributed by atoms with E-state index in [1.165, 1.54) is 5.57 Å². The molecule has 0 N–H and O–H groups in total. The van der Waals surface area contributed by atoms with Crippen molar-refractivity contribution in [3.63, 3.8) is 0 Å². The van der Waals surface area contributed by atoms with Crippen LogP contribution in [0.5, 0.6) is 0 Å². The lowest BCUT2D eigenvalue weighted by Crippen LogP contribution is -2.32. The lowest BCUT2D eigenvalue weighted by atomic mass is 9.71. The van der Waals surface area contributed by atoms with Gasteiger partial charge < -0.3 is 4.74 Å². The fraction of sp³-hybridized carbons (Fsp3) is 0.600. The molecule has 1 saturated heterocycles. The Morgan fingerprint density at radius 2 is 2.22 bits per heavy atom. The summed E-state index contributed by atoms with van der Waals surface area (Å²) in [6.45, 7) is 5.98. The molecule has 18 heavy (non-hydrogen) atoms. The van der Waals surface area contributed by atoms with Crippen LogP contribution >= 0.6 is 0 Å². The summed E-state index contributed by atoms with van der Waals surface area (Å²) in [5.74, 6) is -0.195. The van der Waals surface area contributed by atoms with Crippen LogP contribution in [0, 0.1) is 11.3 Å². The van der Waals surface area contributed by atoms with E-state index in [9.17, 15) is 9.59 Å². The van der Waals surface area contributed by atoms with E-state index >= 15 is 0 Å². The number of rotatable bonds is 0. The van der Waals surface area contributed by atoms with Gasteiger partial charge in [0.15, 0.2) is 0 Å². The second kappa shape index (κ2) is 3.81. The molecular weight excluding hydrogens is 228 g/mol. The first-order valence-corrected chi connectivity index (χ1v) is 6.60. The molecule has 3 nitrogen and oxygen atoms in total. The number of carbonyl (C=O) groups is 2. The highest BCUT2D eigenvalue weighted by atomic mass is 16.6. The van der Waals surface area contributed by atoms with Gasteiger partial charge in [0, 0.05) is 24.3 Å². The van der Waals surface area contributed by atoms with Crippen molar-refractivity contribution in [3.05, 3.63) is 23.8 Å². The minimum atomic E-state index is -0.313. The quantitative estimate of drug-likeness (QED) is 0.375. The maximum absolute atomic E-state index is 12.1. The van der Waals surface area contributed by atoms with Gasteiger partial charge in [0.2, 0.25) is 0 Å². The molecular formula is C15H18O3. The van der Waals surface area contributed by atoms with Crippen molar-refractivity contribution >= 4 is 11.8 Å². The molecule has 3 rings (SSSR count). The standard InChI is InChI=1S/C15H18O3/c1-9-12-7-11(16)6-10-4-3-5-15(10,2)8-13(12)18-14(9)17/h4,12-13H,1,3,5-8H2,2H3. The lowest BCUT2D eigenvalue weighted by Gasteiger charge is -2.34. The summed E-state index contributed by atoms with van der Waals surface area (Å²) in [6, 6.07) is 0. The van der Waals surface area contributed by atoms with Crippen molar-refractivity contribution in [2.24, 2.45) is 11.3 Å². The summed E-state index contributed by atoms with van der Waals surface area (Å²) in [6.07, 6.45) is 5.92. The molecule has 3 aliphatic rings. The van der Waals surface area contributed by atoms with Crippen molar-refractivity contribution in [2.75, 3.05) is 0 Å². The van der Waals surface area contributed by atoms with Crippen molar-refractivity contribution < 1.29 is 14.3 Å². The fourth-order valence-electron chi connectivity index (χ4n) is 3.57. The minimum absolute atomic E-state index is 0.0316. The number of allylic oxidation sites excluding steroid dienone is 2. The van der Waals surface area contributed by atoms with E-state index in [-0.39, 0.29) is 29.2 Å². The van der Waals surface area contributed by atoms with Crippen molar-refractivity contribution in [1.82, 2.24) is 0 Å². The maximum Gasteiger partial charge on any atom is 0.334 e. The first kappa shape index (κ1) is 11.7. The Labute approximate surface area is 107 Å². The van der Waals surface area contributed by atoms with Crippen LogP contribution in [0.25, 0.3) is 0 Å². The van der Waals surface area contributed by atoms with Crippen LogP contribution in [0.15, 0.2) is 23.8 Å². The van der Waals surface area contributed by atoms with Crippen molar-refractivity contribution in [2.45, 2.75) is 45.1 Å². The van der Waals surface area contributed by atoms with E-state index in [1.807, 2.05) is 0 Å². The Bertz CT molecular complexity index is 474. The fourth-order valence-corrected chi connectivity index (χ4v) is 3.57. The first-order chi connectivity index (χ1) is 8.49. The first-order valence-electron chi connectivity index (χ1n) is 6.60. The summed E-state index contributed by atoms with van der Waals surface area (Å²) in [7, 11) is 0. The van der Waals surface area contributed by atoms with Crippen LogP contribution < -0.4 is 0 Å². The molecule has 0 aromatic carbocycles. The second-order valence-electron chi connectivity index (χ2n) is 6.03. The molecule has 1 aliphatic heterocycles. The molecule has 0 amide bonds. The number of hydrogen-bond donors (Lipinski definition) is 0. The molecule has 3 atom stereocenters. The van der Waals surface area contributed by atoms with Gasteiger partial charge in [-0.3, -0.25) is 4.79 Å². The number of esters is 1. The molecule has 0 aromatic heterocycles. The van der Waals surface area contributed by atoms with E-state index < -0.39 is 0 Å². The SMILES string of the molecule is C=C1C(=O)OC2CC3(C)CCC=C3CC(=O)CC12. The molecule has 96 valence electrons. The predicted octanol–water partition coefficient (Wildman–Crippen LogP) is 2.56. The lowest BCUT2D eigenvalue weighted by molar-refractivity contribution is -0.140. The van der Waals surface area contributed by atoms with Gasteiger partial charge in [-0.1, -0.05) is 25.2 Å². The number of fused-ring (bicyclic) bond motifs is 2. The molecule has 2 fully saturated rings. The molecule has 1 saturated carbocycles. The van der Waals surface area contributed by atoms with Gasteiger partial charge in [0.1, 0.15) is 11.9 Å². The molecule has 1 heterocycles. The largest absolute Gasteiger partial charge is 0.458 e. The zero-order valence-corrected chi connectivity index (χ0v) is 10.7. The minimum Gasteiger partial charge on any atom is -0.458 e. The van der Waals surface area contributed by atoms with Gasteiger partial charge >= 0.3 is 5.97 Å². The van der Waals surface area contributed by atoms with Crippen LogP contribution in [0.4, 0.5) is 0 Å². The van der Waals surface area contributed by atoms with E-state index in [4.69, 9.17) is 4.74 Å². The third-order valence-electron chi connectivity index (χ3n) is 4.77. The molecule has 3 unspecified atom stereocenters. The number of Topliss-reactive ketones (excluding diaryl/α,β-unsaturated/α-hetero) is 1. The summed E-state index contributed by atoms with van der Waals surface area (Å²) >= 11 is 0. The monoisotopic (exact) mass is 246 g/mol. The van der Waals surface area contributed by atoms with Crippen LogP contribution in [-0.2, 0) is 14.3 Å². The van der Waals surface area contributed by atoms with E-state index in [0.717, 1.165) is 19.3 Å². The average molecular weight is 246 g/mol. The third kappa shape index (κ3) is 1.64. The number of ether oxygens (including phenoxy) is 1. The van der Waals surface area contributed by atoms with Gasteiger partial charge in [0.05, 0.1) is 0 Å².